The van der Waals surface area contributed by atoms with Gasteiger partial charge in [0.1, 0.15) is 6.10 Å². The molecule has 0 aliphatic heterocycles. The van der Waals surface area contributed by atoms with Crippen molar-refractivity contribution < 1.29 is 19.4 Å². The van der Waals surface area contributed by atoms with Gasteiger partial charge in [-0.3, -0.25) is 4.79 Å². The molecule has 0 aromatic heterocycles. The Bertz CT molecular complexity index is 1020. The van der Waals surface area contributed by atoms with E-state index in [9.17, 15) is 9.90 Å². The lowest BCUT2D eigenvalue weighted by atomic mass is 10.0. The van der Waals surface area contributed by atoms with Gasteiger partial charge in [0.15, 0.2) is 11.5 Å². The number of benzene rings is 3. The molecule has 0 unspecified atom stereocenters. The number of carbonyl (C=O) groups is 1. The molecule has 5 heteroatoms. The molecule has 170 valence electrons. The van der Waals surface area contributed by atoms with Crippen LogP contribution in [-0.2, 0) is 9.53 Å². The zero-order valence-corrected chi connectivity index (χ0v) is 18.7. The first-order chi connectivity index (χ1) is 16.2. The standard InChI is InChI=1S/C28H29NO4/c1-32-26-21-22(17-18-25(26)30)11-8-9-16-27(31)29-19-10-20-33-28(23-12-4-2-5-13-23)24-14-6-3-7-15-24/h2-9,11-18,21,28,30H,10,19-20H2,1H3,(H,29,31). The lowest BCUT2D eigenvalue weighted by Crippen LogP contribution is -2.23. The number of aromatic hydroxyl groups is 1. The predicted molar refractivity (Wildman–Crippen MR) is 131 cm³/mol. The largest absolute Gasteiger partial charge is 0.504 e. The number of phenols is 1. The molecule has 2 N–H and O–H groups in total. The Kier molecular flexibility index (Phi) is 9.30. The normalized spacial score (nSPS) is 11.3. The van der Waals surface area contributed by atoms with E-state index in [2.05, 4.69) is 29.6 Å². The van der Waals surface area contributed by atoms with Crippen LogP contribution in [-0.4, -0.2) is 31.3 Å². The first-order valence-electron chi connectivity index (χ1n) is 10.9. The van der Waals surface area contributed by atoms with Crippen molar-refractivity contribution >= 4 is 12.0 Å². The van der Waals surface area contributed by atoms with Gasteiger partial charge >= 0.3 is 0 Å². The second kappa shape index (κ2) is 12.9. The number of ether oxygens (including phenoxy) is 2. The van der Waals surface area contributed by atoms with Gasteiger partial charge in [0.25, 0.3) is 0 Å². The number of hydrogen-bond acceptors (Lipinski definition) is 4. The molecule has 0 aliphatic carbocycles. The van der Waals surface area contributed by atoms with Crippen molar-refractivity contribution in [1.29, 1.82) is 0 Å². The molecule has 0 spiro atoms. The summed E-state index contributed by atoms with van der Waals surface area (Å²) in [6, 6.07) is 25.3. The molecule has 0 heterocycles. The maximum absolute atomic E-state index is 12.0. The van der Waals surface area contributed by atoms with Crippen LogP contribution in [0, 0.1) is 0 Å². The predicted octanol–water partition coefficient (Wildman–Crippen LogP) is 5.28. The minimum atomic E-state index is -0.161. The summed E-state index contributed by atoms with van der Waals surface area (Å²) in [6.45, 7) is 1.05. The van der Waals surface area contributed by atoms with Crippen LogP contribution in [0.4, 0.5) is 0 Å². The molecular weight excluding hydrogens is 414 g/mol. The maximum atomic E-state index is 12.0. The van der Waals surface area contributed by atoms with Gasteiger partial charge < -0.3 is 19.9 Å². The average molecular weight is 444 g/mol. The lowest BCUT2D eigenvalue weighted by molar-refractivity contribution is -0.116. The Labute approximate surface area is 195 Å². The second-order valence-corrected chi connectivity index (χ2v) is 7.37. The van der Waals surface area contributed by atoms with Crippen molar-refractivity contribution in [2.75, 3.05) is 20.3 Å². The molecule has 0 saturated carbocycles. The highest BCUT2D eigenvalue weighted by molar-refractivity contribution is 5.87. The third kappa shape index (κ3) is 7.66. The van der Waals surface area contributed by atoms with E-state index in [-0.39, 0.29) is 17.8 Å². The fourth-order valence-electron chi connectivity index (χ4n) is 3.29. The van der Waals surface area contributed by atoms with Crippen LogP contribution in [0.5, 0.6) is 11.5 Å². The summed E-state index contributed by atoms with van der Waals surface area (Å²) in [6.07, 6.45) is 7.31. The first-order valence-corrected chi connectivity index (χ1v) is 10.9. The van der Waals surface area contributed by atoms with Crippen molar-refractivity contribution in [2.45, 2.75) is 12.5 Å². The zero-order chi connectivity index (χ0) is 23.3. The summed E-state index contributed by atoms with van der Waals surface area (Å²) in [5, 5.41) is 12.5. The number of nitrogens with one attached hydrogen (secondary N) is 1. The average Bonchev–Trinajstić information content (AvgIpc) is 2.86. The zero-order valence-electron chi connectivity index (χ0n) is 18.7. The van der Waals surface area contributed by atoms with E-state index in [0.29, 0.717) is 25.3 Å². The van der Waals surface area contributed by atoms with Gasteiger partial charge in [0, 0.05) is 19.2 Å². The summed E-state index contributed by atoms with van der Waals surface area (Å²) in [5.74, 6) is 0.334. The fourth-order valence-corrected chi connectivity index (χ4v) is 3.29. The van der Waals surface area contributed by atoms with Gasteiger partial charge in [-0.1, -0.05) is 85.0 Å². The molecule has 5 nitrogen and oxygen atoms in total. The van der Waals surface area contributed by atoms with Crippen molar-refractivity contribution in [1.82, 2.24) is 5.32 Å². The van der Waals surface area contributed by atoms with E-state index in [0.717, 1.165) is 16.7 Å². The van der Waals surface area contributed by atoms with E-state index in [4.69, 9.17) is 9.47 Å². The van der Waals surface area contributed by atoms with Crippen LogP contribution in [0.1, 0.15) is 29.2 Å². The SMILES string of the molecule is COc1cc(C=CC=CC(=O)NCCCOC(c2ccccc2)c2ccccc2)ccc1O. The second-order valence-electron chi connectivity index (χ2n) is 7.37. The van der Waals surface area contributed by atoms with E-state index in [1.807, 2.05) is 42.5 Å². The molecule has 3 aromatic carbocycles. The molecule has 0 fully saturated rings. The molecule has 33 heavy (non-hydrogen) atoms. The molecule has 0 atom stereocenters. The molecule has 0 aliphatic rings. The first kappa shape index (κ1) is 23.8. The molecule has 1 amide bonds. The number of rotatable bonds is 11. The highest BCUT2D eigenvalue weighted by Gasteiger charge is 2.13. The summed E-state index contributed by atoms with van der Waals surface area (Å²) in [4.78, 5) is 12.0. The van der Waals surface area contributed by atoms with Gasteiger partial charge in [0.2, 0.25) is 5.91 Å². The molecule has 3 rings (SSSR count). The third-order valence-electron chi connectivity index (χ3n) is 4.96. The van der Waals surface area contributed by atoms with Crippen molar-refractivity contribution in [3.05, 3.63) is 114 Å². The topological polar surface area (TPSA) is 67.8 Å². The van der Waals surface area contributed by atoms with Gasteiger partial charge in [0.05, 0.1) is 7.11 Å². The van der Waals surface area contributed by atoms with Crippen LogP contribution >= 0.6 is 0 Å². The number of phenolic OH excluding ortho intramolecular Hbond substituents is 1. The Hall–Kier alpha value is -3.83. The Morgan fingerprint density at radius 2 is 1.64 bits per heavy atom. The summed E-state index contributed by atoms with van der Waals surface area (Å²) in [5.41, 5.74) is 3.07. The molecule has 0 radical (unpaired) electrons. The molecular formula is C28H29NO4. The van der Waals surface area contributed by atoms with Crippen molar-refractivity contribution in [2.24, 2.45) is 0 Å². The van der Waals surface area contributed by atoms with Crippen LogP contribution < -0.4 is 10.1 Å². The summed E-state index contributed by atoms with van der Waals surface area (Å²) < 4.78 is 11.2. The van der Waals surface area contributed by atoms with E-state index >= 15 is 0 Å². The minimum Gasteiger partial charge on any atom is -0.504 e. The Balaban J connectivity index is 1.42. The Morgan fingerprint density at radius 1 is 0.970 bits per heavy atom. The monoisotopic (exact) mass is 443 g/mol. The van der Waals surface area contributed by atoms with Crippen LogP contribution in [0.3, 0.4) is 0 Å². The Morgan fingerprint density at radius 3 is 2.27 bits per heavy atom. The lowest BCUT2D eigenvalue weighted by Gasteiger charge is -2.19. The molecule has 0 bridgehead atoms. The summed E-state index contributed by atoms with van der Waals surface area (Å²) >= 11 is 0. The number of methoxy groups -OCH3 is 1. The number of carbonyl (C=O) groups excluding carboxylic acids is 1. The highest BCUT2D eigenvalue weighted by atomic mass is 16.5. The van der Waals surface area contributed by atoms with E-state index in [1.165, 1.54) is 13.2 Å². The van der Waals surface area contributed by atoms with Crippen LogP contribution in [0.25, 0.3) is 6.08 Å². The van der Waals surface area contributed by atoms with Gasteiger partial charge in [-0.15, -0.1) is 0 Å². The minimum absolute atomic E-state index is 0.0902. The maximum Gasteiger partial charge on any atom is 0.243 e. The van der Waals surface area contributed by atoms with E-state index in [1.54, 1.807) is 30.4 Å². The molecule has 3 aromatic rings. The van der Waals surface area contributed by atoms with Crippen molar-refractivity contribution in [3.63, 3.8) is 0 Å². The number of hydrogen-bond donors (Lipinski definition) is 2. The number of amides is 1. The van der Waals surface area contributed by atoms with Gasteiger partial charge in [-0.2, -0.15) is 0 Å². The van der Waals surface area contributed by atoms with Crippen molar-refractivity contribution in [3.8, 4) is 11.5 Å². The fraction of sp³-hybridized carbons (Fsp3) is 0.179. The summed E-state index contributed by atoms with van der Waals surface area (Å²) in [7, 11) is 1.50. The number of allylic oxidation sites excluding steroid dienone is 2. The molecule has 0 saturated heterocycles. The van der Waals surface area contributed by atoms with Gasteiger partial charge in [-0.25, -0.2) is 0 Å². The van der Waals surface area contributed by atoms with Crippen LogP contribution in [0.2, 0.25) is 0 Å². The van der Waals surface area contributed by atoms with Crippen LogP contribution in [0.15, 0.2) is 97.1 Å². The quantitative estimate of drug-likeness (QED) is 0.240. The third-order valence-corrected chi connectivity index (χ3v) is 4.96. The highest BCUT2D eigenvalue weighted by Crippen LogP contribution is 2.27. The van der Waals surface area contributed by atoms with Gasteiger partial charge in [-0.05, 0) is 35.2 Å². The van der Waals surface area contributed by atoms with E-state index < -0.39 is 0 Å². The smallest absolute Gasteiger partial charge is 0.243 e.